The molecule has 2 aliphatic carbocycles. The lowest BCUT2D eigenvalue weighted by Crippen LogP contribution is -2.57. The first-order valence-corrected chi connectivity index (χ1v) is 18.4. The lowest BCUT2D eigenvalue weighted by molar-refractivity contribution is -0.141. The summed E-state index contributed by atoms with van der Waals surface area (Å²) in [6, 6.07) is 3.74. The third-order valence-corrected chi connectivity index (χ3v) is 12.1. The van der Waals surface area contributed by atoms with Crippen molar-refractivity contribution in [3.63, 3.8) is 0 Å². The minimum absolute atomic E-state index is 0.00276. The Morgan fingerprint density at radius 2 is 2.00 bits per heavy atom. The number of ether oxygens (including phenoxy) is 3. The quantitative estimate of drug-likeness (QED) is 0.257. The van der Waals surface area contributed by atoms with E-state index in [-0.39, 0.29) is 37.8 Å². The van der Waals surface area contributed by atoms with E-state index in [9.17, 15) is 28.7 Å². The third-order valence-electron chi connectivity index (χ3n) is 10.4. The summed E-state index contributed by atoms with van der Waals surface area (Å²) >= 11 is 0. The first-order valence-electron chi connectivity index (χ1n) is 16.8. The number of fused-ring (bicyclic) bond motifs is 3. The molecule has 2 aromatic rings. The van der Waals surface area contributed by atoms with Gasteiger partial charge in [0.1, 0.15) is 29.2 Å². The number of hydrogen-bond donors (Lipinski definition) is 4. The van der Waals surface area contributed by atoms with Crippen LogP contribution < -0.4 is 20.1 Å². The number of hydrogen-bond acceptors (Lipinski definition) is 8. The molecule has 2 aliphatic heterocycles. The molecular formula is C34H45N4O9P. The van der Waals surface area contributed by atoms with Crippen molar-refractivity contribution in [2.45, 2.75) is 88.2 Å². The Morgan fingerprint density at radius 3 is 2.69 bits per heavy atom. The van der Waals surface area contributed by atoms with Crippen LogP contribution in [0.1, 0.15) is 63.9 Å². The highest BCUT2D eigenvalue weighted by Crippen LogP contribution is 2.67. The summed E-state index contributed by atoms with van der Waals surface area (Å²) in [7, 11) is -3.15. The Balaban J connectivity index is 1.37. The molecular weight excluding hydrogens is 639 g/mol. The fourth-order valence-electron chi connectivity index (χ4n) is 7.59. The number of nitrogens with zero attached hydrogens (tertiary/aromatic N) is 2. The van der Waals surface area contributed by atoms with Crippen molar-refractivity contribution in [2.75, 3.05) is 20.3 Å². The van der Waals surface area contributed by atoms with Crippen LogP contribution in [0.3, 0.4) is 0 Å². The molecule has 3 fully saturated rings. The van der Waals surface area contributed by atoms with Gasteiger partial charge in [-0.2, -0.15) is 0 Å². The average molecular weight is 685 g/mol. The van der Waals surface area contributed by atoms with Gasteiger partial charge in [-0.1, -0.05) is 25.8 Å². The zero-order valence-corrected chi connectivity index (χ0v) is 28.3. The van der Waals surface area contributed by atoms with Gasteiger partial charge in [-0.25, -0.2) is 9.78 Å². The zero-order valence-electron chi connectivity index (χ0n) is 27.4. The van der Waals surface area contributed by atoms with Gasteiger partial charge in [0.25, 0.3) is 0 Å². The number of amides is 3. The lowest BCUT2D eigenvalue weighted by atomic mass is 9.96. The van der Waals surface area contributed by atoms with E-state index in [0.29, 0.717) is 12.3 Å². The topological polar surface area (TPSA) is 177 Å². The van der Waals surface area contributed by atoms with Gasteiger partial charge in [-0.15, -0.1) is 6.58 Å². The van der Waals surface area contributed by atoms with E-state index in [1.807, 2.05) is 25.1 Å². The van der Waals surface area contributed by atoms with Gasteiger partial charge < -0.3 is 39.5 Å². The summed E-state index contributed by atoms with van der Waals surface area (Å²) in [6.07, 6.45) is 7.37. The number of benzene rings is 1. The van der Waals surface area contributed by atoms with Crippen molar-refractivity contribution < 1.29 is 42.9 Å². The van der Waals surface area contributed by atoms with Gasteiger partial charge in [-0.3, -0.25) is 14.2 Å². The molecule has 48 heavy (non-hydrogen) atoms. The Kier molecular flexibility index (Phi) is 9.75. The number of aromatic nitrogens is 1. The molecule has 14 heteroatoms. The highest BCUT2D eigenvalue weighted by molar-refractivity contribution is 7.54. The molecule has 1 aromatic heterocycles. The van der Waals surface area contributed by atoms with E-state index in [0.717, 1.165) is 60.6 Å². The molecule has 4 aliphatic rings. The van der Waals surface area contributed by atoms with Crippen LogP contribution in [0, 0.1) is 17.8 Å². The minimum Gasteiger partial charge on any atom is -0.496 e. The number of alkyl carbamates (subject to hydrolysis) is 1. The number of carbonyl (C=O) groups excluding carboxylic acids is 3. The predicted octanol–water partition coefficient (Wildman–Crippen LogP) is 4.05. The van der Waals surface area contributed by atoms with Crippen LogP contribution >= 0.6 is 7.60 Å². The molecule has 1 saturated heterocycles. The third kappa shape index (κ3) is 6.77. The van der Waals surface area contributed by atoms with Gasteiger partial charge in [-0.05, 0) is 79.5 Å². The molecule has 4 bridgehead atoms. The van der Waals surface area contributed by atoms with E-state index < -0.39 is 54.9 Å². The molecule has 0 spiro atoms. The summed E-state index contributed by atoms with van der Waals surface area (Å²) in [5.74, 6) is -0.775. The van der Waals surface area contributed by atoms with E-state index in [1.54, 1.807) is 13.3 Å². The molecule has 1 aromatic carbocycles. The highest BCUT2D eigenvalue weighted by atomic mass is 31.2. The fraction of sp³-hybridized carbons (Fsp3) is 0.588. The summed E-state index contributed by atoms with van der Waals surface area (Å²) in [4.78, 5) is 67.8. The maximum atomic E-state index is 14.4. The lowest BCUT2D eigenvalue weighted by Gasteiger charge is -2.32. The number of nitrogens with one attached hydrogen (secondary N) is 2. The zero-order chi connectivity index (χ0) is 34.2. The van der Waals surface area contributed by atoms with Gasteiger partial charge in [0.15, 0.2) is 0 Å². The molecule has 260 valence electrons. The smallest absolute Gasteiger partial charge is 0.407 e. The van der Waals surface area contributed by atoms with E-state index in [1.165, 1.54) is 11.0 Å². The second kappa shape index (κ2) is 13.7. The Labute approximate surface area is 279 Å². The van der Waals surface area contributed by atoms with Crippen molar-refractivity contribution in [1.82, 2.24) is 20.5 Å². The van der Waals surface area contributed by atoms with Crippen molar-refractivity contribution in [3.05, 3.63) is 42.6 Å². The van der Waals surface area contributed by atoms with E-state index >= 15 is 0 Å². The summed E-state index contributed by atoms with van der Waals surface area (Å²) in [5.41, 5.74) is 0.971. The number of cyclic esters (lactones) is 1. The number of rotatable bonds is 6. The first kappa shape index (κ1) is 34.2. The van der Waals surface area contributed by atoms with Crippen LogP contribution in [-0.4, -0.2) is 81.3 Å². The molecule has 6 rings (SSSR count). The average Bonchev–Trinajstić information content (AvgIpc) is 3.35. The van der Waals surface area contributed by atoms with E-state index in [2.05, 4.69) is 22.2 Å². The van der Waals surface area contributed by atoms with Gasteiger partial charge >= 0.3 is 13.7 Å². The normalized spacial score (nSPS) is 30.2. The van der Waals surface area contributed by atoms with Crippen LogP contribution in [0.2, 0.25) is 0 Å². The summed E-state index contributed by atoms with van der Waals surface area (Å²) in [5, 5.41) is 5.27. The number of pyridine rings is 1. The van der Waals surface area contributed by atoms with Crippen molar-refractivity contribution in [2.24, 2.45) is 17.8 Å². The van der Waals surface area contributed by atoms with E-state index in [4.69, 9.17) is 14.2 Å². The van der Waals surface area contributed by atoms with Crippen LogP contribution in [0.4, 0.5) is 4.79 Å². The van der Waals surface area contributed by atoms with Gasteiger partial charge in [0.2, 0.25) is 17.7 Å². The molecule has 2 saturated carbocycles. The Bertz CT molecular complexity index is 1630. The molecule has 4 N–H and O–H groups in total. The summed E-state index contributed by atoms with van der Waals surface area (Å²) < 4.78 is 30.3. The van der Waals surface area contributed by atoms with Crippen LogP contribution in [0.25, 0.3) is 10.8 Å². The second-order valence-electron chi connectivity index (χ2n) is 13.7. The molecule has 3 amide bonds. The highest BCUT2D eigenvalue weighted by Gasteiger charge is 2.66. The molecule has 3 heterocycles. The largest absolute Gasteiger partial charge is 0.496 e. The van der Waals surface area contributed by atoms with Gasteiger partial charge in [0.05, 0.1) is 20.3 Å². The summed E-state index contributed by atoms with van der Waals surface area (Å²) in [6.45, 7) is 5.86. The standard InChI is InChI=1S/C34H45N4O9P/c1-4-24-17-34(24,48(42,43)44)37-30(39)27-16-25-18-38(27)32(40)29(21-9-5-6-10-21)36-33(41)46-19-20(2)8-7-11-23-14-26-22(15-28(23)45-3)12-13-35-31(26)47-25/h4,12-15,20-21,24-25,27,29H,1,5-11,16-19H2,2-3H3,(H,36,41)(H,37,39)(H2,42,43,44)/t20-,24?,25+,27-,29-,34?/m0/s1. The maximum absolute atomic E-state index is 14.4. The van der Waals surface area contributed by atoms with Crippen molar-refractivity contribution in [1.29, 1.82) is 0 Å². The number of aryl methyl sites for hydroxylation is 1. The van der Waals surface area contributed by atoms with Crippen LogP contribution in [-0.2, 0) is 25.3 Å². The fourth-order valence-corrected chi connectivity index (χ4v) is 8.82. The molecule has 0 radical (unpaired) electrons. The second-order valence-corrected chi connectivity index (χ2v) is 15.6. The van der Waals surface area contributed by atoms with Crippen molar-refractivity contribution >= 4 is 36.3 Å². The molecule has 13 nitrogen and oxygen atoms in total. The first-order chi connectivity index (χ1) is 22.9. The number of carbonyl (C=O) groups is 3. The van der Waals surface area contributed by atoms with Crippen molar-refractivity contribution in [3.8, 4) is 11.6 Å². The van der Waals surface area contributed by atoms with Gasteiger partial charge in [0, 0.05) is 23.9 Å². The monoisotopic (exact) mass is 684 g/mol. The Morgan fingerprint density at radius 1 is 1.23 bits per heavy atom. The van der Waals surface area contributed by atoms with Crippen LogP contribution in [0.15, 0.2) is 37.1 Å². The maximum Gasteiger partial charge on any atom is 0.407 e. The van der Waals surface area contributed by atoms with Crippen LogP contribution in [0.5, 0.6) is 11.6 Å². The molecule has 2 unspecified atom stereocenters. The predicted molar refractivity (Wildman–Crippen MR) is 176 cm³/mol. The number of methoxy groups -OCH3 is 1. The minimum atomic E-state index is -4.78. The molecule has 6 atom stereocenters. The Hall–Kier alpha value is -3.67. The SMILES string of the molecule is C=CC1CC1(NC(=O)[C@@H]1C[C@@H]2CN1C(=O)[C@H](C1CCCC1)NC(=O)OC[C@@H](C)CCCc1cc3c(nccc3cc1OC)O2)P(=O)(O)O.